The Balaban J connectivity index is 1.36. The van der Waals surface area contributed by atoms with E-state index in [1.165, 1.54) is 12.1 Å². The number of hydrogen-bond acceptors (Lipinski definition) is 6. The van der Waals surface area contributed by atoms with E-state index >= 15 is 0 Å². The summed E-state index contributed by atoms with van der Waals surface area (Å²) in [5.41, 5.74) is 7.20. The zero-order chi connectivity index (χ0) is 19.0. The van der Waals surface area contributed by atoms with Crippen LogP contribution in [0, 0.1) is 21.8 Å². The summed E-state index contributed by atoms with van der Waals surface area (Å²) in [6.45, 7) is 2.54. The molecular formula is C18H24FN5O3. The normalized spacial score (nSPS) is 30.9. The van der Waals surface area contributed by atoms with Crippen LogP contribution >= 0.6 is 0 Å². The minimum absolute atomic E-state index is 0.0118. The molecule has 2 N–H and O–H groups in total. The van der Waals surface area contributed by atoms with Crippen LogP contribution in [-0.2, 0) is 4.79 Å². The van der Waals surface area contributed by atoms with Gasteiger partial charge in [-0.1, -0.05) is 0 Å². The molecule has 27 heavy (non-hydrogen) atoms. The van der Waals surface area contributed by atoms with Crippen molar-refractivity contribution in [2.45, 2.75) is 37.4 Å². The fraction of sp³-hybridized carbons (Fsp3) is 0.611. The first-order valence-electron chi connectivity index (χ1n) is 9.47. The predicted octanol–water partition coefficient (Wildman–Crippen LogP) is 0.765. The van der Waals surface area contributed by atoms with Gasteiger partial charge in [0, 0.05) is 61.6 Å². The van der Waals surface area contributed by atoms with Crippen LogP contribution in [-0.4, -0.2) is 60.0 Å². The van der Waals surface area contributed by atoms with Crippen molar-refractivity contribution in [3.05, 3.63) is 40.2 Å². The number of rotatable bonds is 3. The SMILES string of the molecule is O=C(C1NNC2CCC([N+](=O)[O-])CC21)N1CCN(c2ccc(F)cc2)CC1. The third kappa shape index (κ3) is 3.61. The lowest BCUT2D eigenvalue weighted by molar-refractivity contribution is -0.528. The van der Waals surface area contributed by atoms with E-state index < -0.39 is 12.1 Å². The summed E-state index contributed by atoms with van der Waals surface area (Å²) >= 11 is 0. The summed E-state index contributed by atoms with van der Waals surface area (Å²) < 4.78 is 13.1. The maximum Gasteiger partial charge on any atom is 0.241 e. The highest BCUT2D eigenvalue weighted by Crippen LogP contribution is 2.32. The molecule has 3 aliphatic rings. The lowest BCUT2D eigenvalue weighted by Crippen LogP contribution is -2.55. The molecule has 0 radical (unpaired) electrons. The third-order valence-corrected chi connectivity index (χ3v) is 6.07. The number of benzene rings is 1. The third-order valence-electron chi connectivity index (χ3n) is 6.07. The molecule has 1 aliphatic carbocycles. The smallest absolute Gasteiger partial charge is 0.241 e. The predicted molar refractivity (Wildman–Crippen MR) is 97.2 cm³/mol. The molecule has 1 amide bonds. The van der Waals surface area contributed by atoms with E-state index in [4.69, 9.17) is 0 Å². The van der Waals surface area contributed by atoms with Crippen LogP contribution in [0.2, 0.25) is 0 Å². The second-order valence-corrected chi connectivity index (χ2v) is 7.58. The molecule has 4 rings (SSSR count). The number of hydrogen-bond donors (Lipinski definition) is 2. The van der Waals surface area contributed by atoms with Gasteiger partial charge in [-0.25, -0.2) is 9.82 Å². The maximum atomic E-state index is 13.1. The second kappa shape index (κ2) is 7.40. The van der Waals surface area contributed by atoms with Gasteiger partial charge in [0.1, 0.15) is 11.9 Å². The van der Waals surface area contributed by atoms with E-state index in [1.807, 2.05) is 4.90 Å². The number of halogens is 1. The molecule has 2 saturated heterocycles. The Hall–Kier alpha value is -2.26. The quantitative estimate of drug-likeness (QED) is 0.597. The van der Waals surface area contributed by atoms with Crippen LogP contribution < -0.4 is 15.8 Å². The Bertz CT molecular complexity index is 707. The zero-order valence-corrected chi connectivity index (χ0v) is 15.0. The number of amides is 1. The molecule has 3 fully saturated rings. The van der Waals surface area contributed by atoms with Gasteiger partial charge in [0.05, 0.1) is 0 Å². The number of nitrogens with one attached hydrogen (secondary N) is 2. The lowest BCUT2D eigenvalue weighted by Gasteiger charge is -2.38. The van der Waals surface area contributed by atoms with Crippen LogP contribution in [0.5, 0.6) is 0 Å². The molecule has 9 heteroatoms. The summed E-state index contributed by atoms with van der Waals surface area (Å²) in [5, 5.41) is 11.2. The van der Waals surface area contributed by atoms with Crippen LogP contribution in [0.15, 0.2) is 24.3 Å². The van der Waals surface area contributed by atoms with Gasteiger partial charge in [-0.15, -0.1) is 0 Å². The maximum absolute atomic E-state index is 13.1. The lowest BCUT2D eigenvalue weighted by atomic mass is 9.79. The van der Waals surface area contributed by atoms with E-state index in [-0.39, 0.29) is 28.6 Å². The Labute approximate surface area is 156 Å². The molecule has 1 saturated carbocycles. The molecule has 1 aromatic carbocycles. The van der Waals surface area contributed by atoms with E-state index in [1.54, 1.807) is 12.1 Å². The minimum atomic E-state index is -0.557. The minimum Gasteiger partial charge on any atom is -0.368 e. The molecule has 2 heterocycles. The van der Waals surface area contributed by atoms with Gasteiger partial charge in [0.2, 0.25) is 11.9 Å². The standard InChI is InChI=1S/C18H24FN5O3/c19-12-1-3-13(4-2-12)22-7-9-23(10-8-22)18(25)17-15-11-14(24(26)27)5-6-16(15)20-21-17/h1-4,14-17,20-21H,5-11H2. The van der Waals surface area contributed by atoms with E-state index in [0.717, 1.165) is 5.69 Å². The first-order chi connectivity index (χ1) is 13.0. The number of carbonyl (C=O) groups excluding carboxylic acids is 1. The highest BCUT2D eigenvalue weighted by Gasteiger charge is 2.47. The molecule has 4 unspecified atom stereocenters. The van der Waals surface area contributed by atoms with E-state index in [0.29, 0.717) is 45.4 Å². The average Bonchev–Trinajstić information content (AvgIpc) is 3.11. The number of anilines is 1. The van der Waals surface area contributed by atoms with Crippen molar-refractivity contribution in [3.8, 4) is 0 Å². The Kier molecular flexibility index (Phi) is 4.96. The molecule has 0 bridgehead atoms. The summed E-state index contributed by atoms with van der Waals surface area (Å²) in [4.78, 5) is 27.9. The van der Waals surface area contributed by atoms with Gasteiger partial charge in [0.25, 0.3) is 0 Å². The second-order valence-electron chi connectivity index (χ2n) is 7.58. The summed E-state index contributed by atoms with van der Waals surface area (Å²) in [5.74, 6) is -0.294. The molecule has 4 atom stereocenters. The fourth-order valence-electron chi connectivity index (χ4n) is 4.50. The van der Waals surface area contributed by atoms with E-state index in [9.17, 15) is 19.3 Å². The molecular weight excluding hydrogens is 353 g/mol. The van der Waals surface area contributed by atoms with E-state index in [2.05, 4.69) is 15.8 Å². The van der Waals surface area contributed by atoms with Crippen molar-refractivity contribution < 1.29 is 14.1 Å². The Morgan fingerprint density at radius 2 is 1.81 bits per heavy atom. The molecule has 0 spiro atoms. The summed E-state index contributed by atoms with van der Waals surface area (Å²) in [6, 6.07) is 5.54. The van der Waals surface area contributed by atoms with Crippen molar-refractivity contribution in [1.82, 2.24) is 15.8 Å². The van der Waals surface area contributed by atoms with Gasteiger partial charge in [-0.3, -0.25) is 20.3 Å². The van der Waals surface area contributed by atoms with Crippen molar-refractivity contribution in [2.24, 2.45) is 5.92 Å². The fourth-order valence-corrected chi connectivity index (χ4v) is 4.50. The molecule has 0 aromatic heterocycles. The van der Waals surface area contributed by atoms with Crippen molar-refractivity contribution in [3.63, 3.8) is 0 Å². The monoisotopic (exact) mass is 377 g/mol. The van der Waals surface area contributed by atoms with Gasteiger partial charge in [-0.05, 0) is 30.7 Å². The van der Waals surface area contributed by atoms with Gasteiger partial charge < -0.3 is 9.80 Å². The highest BCUT2D eigenvalue weighted by atomic mass is 19.1. The number of nitrogens with zero attached hydrogens (tertiary/aromatic N) is 3. The number of nitro groups is 1. The Morgan fingerprint density at radius 1 is 1.11 bits per heavy atom. The molecule has 146 valence electrons. The molecule has 2 aliphatic heterocycles. The largest absolute Gasteiger partial charge is 0.368 e. The van der Waals surface area contributed by atoms with Crippen molar-refractivity contribution in [1.29, 1.82) is 0 Å². The Morgan fingerprint density at radius 3 is 2.48 bits per heavy atom. The number of fused-ring (bicyclic) bond motifs is 1. The van der Waals surface area contributed by atoms with Crippen LogP contribution in [0.25, 0.3) is 0 Å². The van der Waals surface area contributed by atoms with Gasteiger partial charge >= 0.3 is 0 Å². The highest BCUT2D eigenvalue weighted by molar-refractivity contribution is 5.83. The number of hydrazine groups is 1. The first-order valence-corrected chi connectivity index (χ1v) is 9.47. The molecule has 8 nitrogen and oxygen atoms in total. The molecule has 1 aromatic rings. The topological polar surface area (TPSA) is 90.7 Å². The number of carbonyl (C=O) groups is 1. The zero-order valence-electron chi connectivity index (χ0n) is 15.0. The van der Waals surface area contributed by atoms with Crippen LogP contribution in [0.4, 0.5) is 10.1 Å². The van der Waals surface area contributed by atoms with Gasteiger partial charge in [-0.2, -0.15) is 0 Å². The summed E-state index contributed by atoms with van der Waals surface area (Å²) in [6.07, 6.45) is 1.70. The van der Waals surface area contributed by atoms with Crippen LogP contribution in [0.1, 0.15) is 19.3 Å². The number of piperazine rings is 1. The summed E-state index contributed by atoms with van der Waals surface area (Å²) in [7, 11) is 0. The van der Waals surface area contributed by atoms with Gasteiger partial charge in [0.15, 0.2) is 0 Å². The average molecular weight is 377 g/mol. The van der Waals surface area contributed by atoms with Crippen molar-refractivity contribution >= 4 is 11.6 Å². The van der Waals surface area contributed by atoms with Crippen molar-refractivity contribution in [2.75, 3.05) is 31.1 Å². The van der Waals surface area contributed by atoms with Crippen LogP contribution in [0.3, 0.4) is 0 Å². The first kappa shape index (κ1) is 18.1.